The summed E-state index contributed by atoms with van der Waals surface area (Å²) in [5.41, 5.74) is 0.604. The van der Waals surface area contributed by atoms with Crippen molar-refractivity contribution >= 4 is 21.6 Å². The zero-order valence-corrected chi connectivity index (χ0v) is 12.8. The largest absolute Gasteiger partial charge is 0.379 e. The average molecular weight is 331 g/mol. The summed E-state index contributed by atoms with van der Waals surface area (Å²) in [4.78, 5) is 14.1. The second-order valence-corrected chi connectivity index (χ2v) is 5.55. The zero-order chi connectivity index (χ0) is 13.8. The molecule has 0 radical (unpaired) electrons. The lowest BCUT2D eigenvalue weighted by molar-refractivity contribution is 0.0368. The Labute approximate surface area is 120 Å². The minimum atomic E-state index is -0.136. The van der Waals surface area contributed by atoms with E-state index in [9.17, 15) is 4.79 Å². The molecule has 106 valence electrons. The number of rotatable bonds is 4. The molecule has 1 atom stereocenters. The highest BCUT2D eigenvalue weighted by molar-refractivity contribution is 9.10. The first kappa shape index (κ1) is 14.5. The van der Waals surface area contributed by atoms with Crippen molar-refractivity contribution in [1.82, 2.24) is 14.7 Å². The van der Waals surface area contributed by atoms with Crippen LogP contribution in [0.15, 0.2) is 15.5 Å². The lowest BCUT2D eigenvalue weighted by atomic mass is 10.2. The van der Waals surface area contributed by atoms with Crippen molar-refractivity contribution in [2.45, 2.75) is 13.0 Å². The molecular weight excluding hydrogens is 312 g/mol. The number of aromatic nitrogens is 2. The van der Waals surface area contributed by atoms with Crippen LogP contribution in [0, 0.1) is 0 Å². The molecule has 0 aliphatic carbocycles. The third kappa shape index (κ3) is 3.77. The highest BCUT2D eigenvalue weighted by Crippen LogP contribution is 2.17. The molecular formula is C12H19BrN4O2. The van der Waals surface area contributed by atoms with E-state index in [4.69, 9.17) is 4.74 Å². The van der Waals surface area contributed by atoms with Crippen LogP contribution in [0.4, 0.5) is 5.69 Å². The van der Waals surface area contributed by atoms with E-state index >= 15 is 0 Å². The molecule has 2 rings (SSSR count). The Bertz CT molecular complexity index is 485. The standard InChI is InChI=1S/C12H19BrN4O2/c1-9(8-17-3-5-19-6-4-17)15-10-7-14-16(2)12(18)11(10)13/h7,9,15H,3-6,8H2,1-2H3. The molecule has 1 unspecified atom stereocenters. The van der Waals surface area contributed by atoms with Crippen LogP contribution in [-0.2, 0) is 11.8 Å². The molecule has 0 bridgehead atoms. The fourth-order valence-corrected chi connectivity index (χ4v) is 2.57. The summed E-state index contributed by atoms with van der Waals surface area (Å²) in [6, 6.07) is 0.239. The van der Waals surface area contributed by atoms with Gasteiger partial charge in [-0.15, -0.1) is 0 Å². The van der Waals surface area contributed by atoms with Gasteiger partial charge in [0, 0.05) is 32.7 Å². The quantitative estimate of drug-likeness (QED) is 0.879. The van der Waals surface area contributed by atoms with E-state index in [1.54, 1.807) is 13.2 Å². The molecule has 6 nitrogen and oxygen atoms in total. The van der Waals surface area contributed by atoms with Gasteiger partial charge in [0.25, 0.3) is 5.56 Å². The summed E-state index contributed by atoms with van der Waals surface area (Å²) in [6.45, 7) is 6.53. The SMILES string of the molecule is CC(CN1CCOCC1)Nc1cnn(C)c(=O)c1Br. The number of hydrogen-bond donors (Lipinski definition) is 1. The Balaban J connectivity index is 1.96. The topological polar surface area (TPSA) is 59.4 Å². The van der Waals surface area contributed by atoms with Crippen molar-refractivity contribution in [2.24, 2.45) is 7.05 Å². The highest BCUT2D eigenvalue weighted by atomic mass is 79.9. The van der Waals surface area contributed by atoms with E-state index in [-0.39, 0.29) is 11.6 Å². The van der Waals surface area contributed by atoms with E-state index in [0.29, 0.717) is 4.47 Å². The van der Waals surface area contributed by atoms with Crippen LogP contribution in [0.5, 0.6) is 0 Å². The van der Waals surface area contributed by atoms with Gasteiger partial charge < -0.3 is 10.1 Å². The molecule has 2 heterocycles. The molecule has 1 fully saturated rings. The predicted octanol–water partition coefficient (Wildman–Crippen LogP) is 0.675. The normalized spacial score (nSPS) is 18.3. The number of hydrogen-bond acceptors (Lipinski definition) is 5. The molecule has 0 aromatic carbocycles. The van der Waals surface area contributed by atoms with Crippen LogP contribution in [0.1, 0.15) is 6.92 Å². The number of nitrogens with zero attached hydrogens (tertiary/aromatic N) is 3. The maximum absolute atomic E-state index is 11.7. The Morgan fingerprint density at radius 2 is 2.21 bits per heavy atom. The molecule has 7 heteroatoms. The summed E-state index contributed by atoms with van der Waals surface area (Å²) >= 11 is 3.32. The van der Waals surface area contributed by atoms with Crippen molar-refractivity contribution in [3.8, 4) is 0 Å². The molecule has 19 heavy (non-hydrogen) atoms. The van der Waals surface area contributed by atoms with E-state index in [1.807, 2.05) is 0 Å². The van der Waals surface area contributed by atoms with Gasteiger partial charge in [-0.1, -0.05) is 0 Å². The highest BCUT2D eigenvalue weighted by Gasteiger charge is 2.15. The van der Waals surface area contributed by atoms with Crippen molar-refractivity contribution in [3.63, 3.8) is 0 Å². The van der Waals surface area contributed by atoms with Crippen LogP contribution >= 0.6 is 15.9 Å². The summed E-state index contributed by atoms with van der Waals surface area (Å²) in [7, 11) is 1.63. The monoisotopic (exact) mass is 330 g/mol. The van der Waals surface area contributed by atoms with Gasteiger partial charge in [-0.3, -0.25) is 9.69 Å². The second-order valence-electron chi connectivity index (χ2n) is 4.76. The van der Waals surface area contributed by atoms with Crippen molar-refractivity contribution in [1.29, 1.82) is 0 Å². The number of nitrogens with one attached hydrogen (secondary N) is 1. The molecule has 1 aliphatic heterocycles. The molecule has 1 aromatic rings. The predicted molar refractivity (Wildman–Crippen MR) is 77.5 cm³/mol. The van der Waals surface area contributed by atoms with Crippen LogP contribution in [0.3, 0.4) is 0 Å². The summed E-state index contributed by atoms with van der Waals surface area (Å²) < 4.78 is 7.16. The maximum Gasteiger partial charge on any atom is 0.282 e. The van der Waals surface area contributed by atoms with Gasteiger partial charge in [0.05, 0.1) is 25.1 Å². The fourth-order valence-electron chi connectivity index (χ4n) is 2.09. The van der Waals surface area contributed by atoms with Crippen LogP contribution < -0.4 is 10.9 Å². The van der Waals surface area contributed by atoms with Gasteiger partial charge in [-0.25, -0.2) is 4.68 Å². The van der Waals surface area contributed by atoms with E-state index < -0.39 is 0 Å². The lowest BCUT2D eigenvalue weighted by Gasteiger charge is -2.29. The zero-order valence-electron chi connectivity index (χ0n) is 11.2. The molecule has 1 N–H and O–H groups in total. The minimum absolute atomic E-state index is 0.136. The first-order valence-electron chi connectivity index (χ1n) is 6.36. The Hall–Kier alpha value is -0.920. The van der Waals surface area contributed by atoms with E-state index in [2.05, 4.69) is 38.2 Å². The average Bonchev–Trinajstić information content (AvgIpc) is 2.41. The van der Waals surface area contributed by atoms with Crippen molar-refractivity contribution < 1.29 is 4.74 Å². The summed E-state index contributed by atoms with van der Waals surface area (Å²) in [5.74, 6) is 0. The van der Waals surface area contributed by atoms with Gasteiger partial charge in [-0.05, 0) is 22.9 Å². The maximum atomic E-state index is 11.7. The molecule has 1 aliphatic rings. The minimum Gasteiger partial charge on any atom is -0.379 e. The second kappa shape index (κ2) is 6.49. The Morgan fingerprint density at radius 3 is 2.89 bits per heavy atom. The molecule has 0 spiro atoms. The first-order chi connectivity index (χ1) is 9.08. The summed E-state index contributed by atoms with van der Waals surface area (Å²) in [6.07, 6.45) is 1.67. The van der Waals surface area contributed by atoms with Gasteiger partial charge in [0.15, 0.2) is 0 Å². The molecule has 1 aromatic heterocycles. The first-order valence-corrected chi connectivity index (χ1v) is 7.15. The Kier molecular flexibility index (Phi) is 4.95. The van der Waals surface area contributed by atoms with Crippen LogP contribution in [0.2, 0.25) is 0 Å². The number of anilines is 1. The van der Waals surface area contributed by atoms with Crippen molar-refractivity contribution in [3.05, 3.63) is 21.0 Å². The van der Waals surface area contributed by atoms with E-state index in [0.717, 1.165) is 38.5 Å². The summed E-state index contributed by atoms with van der Waals surface area (Å²) in [5, 5.41) is 7.34. The van der Waals surface area contributed by atoms with Crippen molar-refractivity contribution in [2.75, 3.05) is 38.2 Å². The van der Waals surface area contributed by atoms with E-state index in [1.165, 1.54) is 4.68 Å². The number of halogens is 1. The molecule has 1 saturated heterocycles. The van der Waals surface area contributed by atoms with Gasteiger partial charge >= 0.3 is 0 Å². The smallest absolute Gasteiger partial charge is 0.282 e. The van der Waals surface area contributed by atoms with Crippen LogP contribution in [-0.4, -0.2) is 53.6 Å². The third-order valence-corrected chi connectivity index (χ3v) is 3.88. The van der Waals surface area contributed by atoms with Crippen LogP contribution in [0.25, 0.3) is 0 Å². The van der Waals surface area contributed by atoms with Gasteiger partial charge in [0.1, 0.15) is 4.47 Å². The van der Waals surface area contributed by atoms with Gasteiger partial charge in [-0.2, -0.15) is 5.10 Å². The third-order valence-electron chi connectivity index (χ3n) is 3.12. The number of ether oxygens (including phenoxy) is 1. The number of morpholine rings is 1. The number of aryl methyl sites for hydroxylation is 1. The lowest BCUT2D eigenvalue weighted by Crippen LogP contribution is -2.42. The fraction of sp³-hybridized carbons (Fsp3) is 0.667. The molecule has 0 amide bonds. The molecule has 0 saturated carbocycles. The van der Waals surface area contributed by atoms with Gasteiger partial charge in [0.2, 0.25) is 0 Å². The Morgan fingerprint density at radius 1 is 1.53 bits per heavy atom.